The largest absolute Gasteiger partial charge is 0.326 e. The molecule has 1 fully saturated rings. The van der Waals surface area contributed by atoms with Gasteiger partial charge in [0, 0.05) is 31.5 Å². The molecule has 0 saturated carbocycles. The average Bonchev–Trinajstić information content (AvgIpc) is 2.82. The van der Waals surface area contributed by atoms with Crippen molar-refractivity contribution in [2.24, 2.45) is 5.73 Å². The summed E-state index contributed by atoms with van der Waals surface area (Å²) < 4.78 is 0. The summed E-state index contributed by atoms with van der Waals surface area (Å²) in [6.45, 7) is 2.00. The lowest BCUT2D eigenvalue weighted by Gasteiger charge is -2.26. The lowest BCUT2D eigenvalue weighted by molar-refractivity contribution is 0.239. The number of pyridine rings is 1. The molecule has 2 heterocycles. The van der Waals surface area contributed by atoms with E-state index in [9.17, 15) is 0 Å². The Bertz CT molecular complexity index is 512. The van der Waals surface area contributed by atoms with Crippen molar-refractivity contribution in [1.29, 1.82) is 0 Å². The van der Waals surface area contributed by atoms with Gasteiger partial charge in [-0.05, 0) is 23.6 Å². The second-order valence-electron chi connectivity index (χ2n) is 5.14. The number of rotatable bonds is 3. The molecule has 1 aliphatic rings. The zero-order valence-corrected chi connectivity index (χ0v) is 10.9. The molecule has 1 aliphatic heterocycles. The standard InChI is InChI=1S/C16H19N3/c17-15-8-10-19(12-13-5-2-1-3-6-13)16(15)14-7-4-9-18-11-14/h1-7,9,11,15-16H,8,10,12,17H2. The maximum atomic E-state index is 6.29. The van der Waals surface area contributed by atoms with Crippen LogP contribution in [0.15, 0.2) is 54.9 Å². The first kappa shape index (κ1) is 12.3. The molecule has 1 aromatic heterocycles. The molecule has 2 N–H and O–H groups in total. The molecule has 3 nitrogen and oxygen atoms in total. The van der Waals surface area contributed by atoms with Gasteiger partial charge in [-0.1, -0.05) is 36.4 Å². The summed E-state index contributed by atoms with van der Waals surface area (Å²) in [5, 5.41) is 0. The zero-order chi connectivity index (χ0) is 13.1. The molecule has 3 heteroatoms. The summed E-state index contributed by atoms with van der Waals surface area (Å²) in [4.78, 5) is 6.68. The van der Waals surface area contributed by atoms with Crippen LogP contribution in [0, 0.1) is 0 Å². The Kier molecular flexibility index (Phi) is 3.58. The highest BCUT2D eigenvalue weighted by Crippen LogP contribution is 2.31. The van der Waals surface area contributed by atoms with Gasteiger partial charge in [0.05, 0.1) is 6.04 Å². The van der Waals surface area contributed by atoms with Crippen molar-refractivity contribution < 1.29 is 0 Å². The molecule has 2 aromatic rings. The van der Waals surface area contributed by atoms with Crippen LogP contribution >= 0.6 is 0 Å². The molecule has 0 bridgehead atoms. The Labute approximate surface area is 114 Å². The highest BCUT2D eigenvalue weighted by Gasteiger charge is 2.32. The number of nitrogens with two attached hydrogens (primary N) is 1. The fourth-order valence-corrected chi connectivity index (χ4v) is 2.89. The SMILES string of the molecule is NC1CCN(Cc2ccccc2)C1c1cccnc1. The highest BCUT2D eigenvalue weighted by molar-refractivity contribution is 5.20. The summed E-state index contributed by atoms with van der Waals surface area (Å²) >= 11 is 0. The Morgan fingerprint density at radius 3 is 2.74 bits per heavy atom. The fraction of sp³-hybridized carbons (Fsp3) is 0.312. The molecule has 0 spiro atoms. The van der Waals surface area contributed by atoms with E-state index in [1.54, 1.807) is 0 Å². The molecule has 1 saturated heterocycles. The first-order chi connectivity index (χ1) is 9.34. The number of nitrogens with zero attached hydrogens (tertiary/aromatic N) is 2. The van der Waals surface area contributed by atoms with Gasteiger partial charge < -0.3 is 5.73 Å². The van der Waals surface area contributed by atoms with Crippen LogP contribution in [0.25, 0.3) is 0 Å². The maximum Gasteiger partial charge on any atom is 0.0518 e. The van der Waals surface area contributed by atoms with Gasteiger partial charge in [0.15, 0.2) is 0 Å². The average molecular weight is 253 g/mol. The third-order valence-electron chi connectivity index (χ3n) is 3.80. The van der Waals surface area contributed by atoms with Crippen LogP contribution in [0.3, 0.4) is 0 Å². The lowest BCUT2D eigenvalue weighted by Crippen LogP contribution is -2.31. The van der Waals surface area contributed by atoms with Crippen LogP contribution < -0.4 is 5.73 Å². The maximum absolute atomic E-state index is 6.29. The predicted molar refractivity (Wildman–Crippen MR) is 76.4 cm³/mol. The molecule has 0 aliphatic carbocycles. The normalized spacial score (nSPS) is 23.6. The van der Waals surface area contributed by atoms with E-state index in [0.29, 0.717) is 0 Å². The van der Waals surface area contributed by atoms with Gasteiger partial charge in [0.2, 0.25) is 0 Å². The lowest BCUT2D eigenvalue weighted by atomic mass is 10.0. The Morgan fingerprint density at radius 1 is 1.16 bits per heavy atom. The Morgan fingerprint density at radius 2 is 2.00 bits per heavy atom. The van der Waals surface area contributed by atoms with Gasteiger partial charge in [0.25, 0.3) is 0 Å². The van der Waals surface area contributed by atoms with Gasteiger partial charge >= 0.3 is 0 Å². The minimum Gasteiger partial charge on any atom is -0.326 e. The molecular weight excluding hydrogens is 234 g/mol. The molecule has 19 heavy (non-hydrogen) atoms. The van der Waals surface area contributed by atoms with Crippen LogP contribution in [-0.4, -0.2) is 22.5 Å². The van der Waals surface area contributed by atoms with Gasteiger partial charge in [0.1, 0.15) is 0 Å². The van der Waals surface area contributed by atoms with Crippen molar-refractivity contribution in [3.05, 3.63) is 66.0 Å². The number of hydrogen-bond acceptors (Lipinski definition) is 3. The van der Waals surface area contributed by atoms with E-state index in [2.05, 4.69) is 46.3 Å². The van der Waals surface area contributed by atoms with E-state index in [1.165, 1.54) is 11.1 Å². The molecular formula is C16H19N3. The smallest absolute Gasteiger partial charge is 0.0518 e. The van der Waals surface area contributed by atoms with Gasteiger partial charge in [-0.15, -0.1) is 0 Å². The number of aromatic nitrogens is 1. The second kappa shape index (κ2) is 5.51. The van der Waals surface area contributed by atoms with Crippen molar-refractivity contribution in [1.82, 2.24) is 9.88 Å². The van der Waals surface area contributed by atoms with Gasteiger partial charge in [-0.3, -0.25) is 9.88 Å². The van der Waals surface area contributed by atoms with E-state index < -0.39 is 0 Å². The monoisotopic (exact) mass is 253 g/mol. The Hall–Kier alpha value is -1.71. The summed E-state index contributed by atoms with van der Waals surface area (Å²) in [6, 6.07) is 15.2. The van der Waals surface area contributed by atoms with Crippen molar-refractivity contribution in [3.8, 4) is 0 Å². The molecule has 0 amide bonds. The van der Waals surface area contributed by atoms with Crippen LogP contribution in [0.5, 0.6) is 0 Å². The van der Waals surface area contributed by atoms with Gasteiger partial charge in [-0.2, -0.15) is 0 Å². The van der Waals surface area contributed by atoms with Crippen molar-refractivity contribution in [2.75, 3.05) is 6.54 Å². The highest BCUT2D eigenvalue weighted by atomic mass is 15.2. The van der Waals surface area contributed by atoms with Crippen LogP contribution in [0.4, 0.5) is 0 Å². The fourth-order valence-electron chi connectivity index (χ4n) is 2.89. The third-order valence-corrected chi connectivity index (χ3v) is 3.80. The molecule has 1 aromatic carbocycles. The third kappa shape index (κ3) is 2.67. The summed E-state index contributed by atoms with van der Waals surface area (Å²) in [5.41, 5.74) is 8.85. The zero-order valence-electron chi connectivity index (χ0n) is 10.9. The molecule has 2 atom stereocenters. The summed E-state index contributed by atoms with van der Waals surface area (Å²) in [5.74, 6) is 0. The first-order valence-corrected chi connectivity index (χ1v) is 6.78. The minimum absolute atomic E-state index is 0.202. The van der Waals surface area contributed by atoms with Crippen LogP contribution in [0.2, 0.25) is 0 Å². The van der Waals surface area contributed by atoms with Crippen molar-refractivity contribution >= 4 is 0 Å². The van der Waals surface area contributed by atoms with Crippen LogP contribution in [-0.2, 0) is 6.54 Å². The van der Waals surface area contributed by atoms with Crippen molar-refractivity contribution in [3.63, 3.8) is 0 Å². The molecule has 3 rings (SSSR count). The van der Waals surface area contributed by atoms with Crippen LogP contribution in [0.1, 0.15) is 23.6 Å². The van der Waals surface area contributed by atoms with E-state index >= 15 is 0 Å². The summed E-state index contributed by atoms with van der Waals surface area (Å²) in [7, 11) is 0. The number of likely N-dealkylation sites (tertiary alicyclic amines) is 1. The number of hydrogen-bond donors (Lipinski definition) is 1. The minimum atomic E-state index is 0.202. The molecule has 2 unspecified atom stereocenters. The van der Waals surface area contributed by atoms with E-state index in [-0.39, 0.29) is 12.1 Å². The van der Waals surface area contributed by atoms with E-state index in [4.69, 9.17) is 5.73 Å². The van der Waals surface area contributed by atoms with E-state index in [0.717, 1.165) is 19.5 Å². The van der Waals surface area contributed by atoms with Crippen molar-refractivity contribution in [2.45, 2.75) is 25.0 Å². The number of benzene rings is 1. The van der Waals surface area contributed by atoms with E-state index in [1.807, 2.05) is 18.5 Å². The van der Waals surface area contributed by atoms with Gasteiger partial charge in [-0.25, -0.2) is 0 Å². The topological polar surface area (TPSA) is 42.1 Å². The Balaban J connectivity index is 1.81. The molecule has 98 valence electrons. The predicted octanol–water partition coefficient (Wildman–Crippen LogP) is 2.36. The first-order valence-electron chi connectivity index (χ1n) is 6.78. The quantitative estimate of drug-likeness (QED) is 0.913. The molecule has 0 radical (unpaired) electrons. The summed E-state index contributed by atoms with van der Waals surface area (Å²) in [6.07, 6.45) is 4.80. The second-order valence-corrected chi connectivity index (χ2v) is 5.14.